The summed E-state index contributed by atoms with van der Waals surface area (Å²) in [5, 5.41) is 3.09. The van der Waals surface area contributed by atoms with Crippen molar-refractivity contribution < 1.29 is 4.79 Å². The second-order valence-electron chi connectivity index (χ2n) is 2.65. The quantitative estimate of drug-likeness (QED) is 0.615. The molecule has 0 radical (unpaired) electrons. The molecule has 0 aromatic heterocycles. The van der Waals surface area contributed by atoms with Gasteiger partial charge in [-0.15, -0.1) is 0 Å². The number of carbonyl (C=O) groups excluding carboxylic acids is 1. The standard InChI is InChI=1S/C7H15NO/c1-5(2)8-6(3)7(4)9/h5-6,8H,1-4H3. The lowest BCUT2D eigenvalue weighted by Crippen LogP contribution is -2.37. The van der Waals surface area contributed by atoms with Crippen molar-refractivity contribution in [3.63, 3.8) is 0 Å². The summed E-state index contributed by atoms with van der Waals surface area (Å²) in [6, 6.07) is 0.397. The Bertz CT molecular complexity index is 99.1. The summed E-state index contributed by atoms with van der Waals surface area (Å²) < 4.78 is 0. The van der Waals surface area contributed by atoms with Crippen LogP contribution in [0.2, 0.25) is 0 Å². The zero-order valence-corrected chi connectivity index (χ0v) is 6.56. The Kier molecular flexibility index (Phi) is 3.47. The predicted octanol–water partition coefficient (Wildman–Crippen LogP) is 0.962. The van der Waals surface area contributed by atoms with Crippen molar-refractivity contribution in [2.24, 2.45) is 0 Å². The van der Waals surface area contributed by atoms with Gasteiger partial charge >= 0.3 is 0 Å². The Morgan fingerprint density at radius 1 is 1.33 bits per heavy atom. The molecule has 0 heterocycles. The molecule has 54 valence electrons. The van der Waals surface area contributed by atoms with E-state index in [-0.39, 0.29) is 11.8 Å². The first kappa shape index (κ1) is 8.63. The van der Waals surface area contributed by atoms with Gasteiger partial charge in [0.25, 0.3) is 0 Å². The highest BCUT2D eigenvalue weighted by Gasteiger charge is 2.06. The van der Waals surface area contributed by atoms with Crippen LogP contribution in [0.15, 0.2) is 0 Å². The first-order valence-electron chi connectivity index (χ1n) is 3.30. The molecule has 0 rings (SSSR count). The van der Waals surface area contributed by atoms with Crippen LogP contribution in [-0.4, -0.2) is 17.9 Å². The summed E-state index contributed by atoms with van der Waals surface area (Å²) >= 11 is 0. The van der Waals surface area contributed by atoms with Crippen LogP contribution in [0.5, 0.6) is 0 Å². The summed E-state index contributed by atoms with van der Waals surface area (Å²) in [5.74, 6) is 0.198. The maximum absolute atomic E-state index is 10.6. The smallest absolute Gasteiger partial charge is 0.146 e. The van der Waals surface area contributed by atoms with Gasteiger partial charge in [0.05, 0.1) is 6.04 Å². The van der Waals surface area contributed by atoms with Crippen LogP contribution in [0.25, 0.3) is 0 Å². The SMILES string of the molecule is CC(=O)C(C)NC(C)C. The fraction of sp³-hybridized carbons (Fsp3) is 0.857. The van der Waals surface area contributed by atoms with E-state index in [2.05, 4.69) is 5.32 Å². The van der Waals surface area contributed by atoms with E-state index >= 15 is 0 Å². The van der Waals surface area contributed by atoms with Crippen molar-refractivity contribution in [2.45, 2.75) is 39.8 Å². The third kappa shape index (κ3) is 4.15. The number of rotatable bonds is 3. The van der Waals surface area contributed by atoms with Gasteiger partial charge in [-0.05, 0) is 13.8 Å². The maximum atomic E-state index is 10.6. The third-order valence-corrected chi connectivity index (χ3v) is 1.19. The van der Waals surface area contributed by atoms with Crippen LogP contribution in [0.3, 0.4) is 0 Å². The fourth-order valence-electron chi connectivity index (χ4n) is 0.617. The fourth-order valence-corrected chi connectivity index (χ4v) is 0.617. The highest BCUT2D eigenvalue weighted by Crippen LogP contribution is 1.86. The van der Waals surface area contributed by atoms with Crippen LogP contribution >= 0.6 is 0 Å². The Morgan fingerprint density at radius 3 is 1.89 bits per heavy atom. The van der Waals surface area contributed by atoms with Gasteiger partial charge in [0.15, 0.2) is 0 Å². The van der Waals surface area contributed by atoms with Gasteiger partial charge < -0.3 is 5.32 Å². The molecule has 0 bridgehead atoms. The highest BCUT2D eigenvalue weighted by atomic mass is 16.1. The van der Waals surface area contributed by atoms with Crippen LogP contribution in [0.4, 0.5) is 0 Å². The van der Waals surface area contributed by atoms with E-state index < -0.39 is 0 Å². The molecular weight excluding hydrogens is 114 g/mol. The molecule has 0 aliphatic rings. The van der Waals surface area contributed by atoms with E-state index in [9.17, 15) is 4.79 Å². The van der Waals surface area contributed by atoms with Crippen molar-refractivity contribution in [3.8, 4) is 0 Å². The molecule has 2 nitrogen and oxygen atoms in total. The van der Waals surface area contributed by atoms with Gasteiger partial charge in [-0.25, -0.2) is 0 Å². The highest BCUT2D eigenvalue weighted by molar-refractivity contribution is 5.80. The van der Waals surface area contributed by atoms with E-state index in [1.54, 1.807) is 6.92 Å². The summed E-state index contributed by atoms with van der Waals surface area (Å²) in [6.07, 6.45) is 0. The van der Waals surface area contributed by atoms with Crippen molar-refractivity contribution >= 4 is 5.78 Å². The minimum atomic E-state index is 0.00463. The maximum Gasteiger partial charge on any atom is 0.146 e. The van der Waals surface area contributed by atoms with Gasteiger partial charge in [-0.2, -0.15) is 0 Å². The second-order valence-corrected chi connectivity index (χ2v) is 2.65. The van der Waals surface area contributed by atoms with Crippen molar-refractivity contribution in [1.29, 1.82) is 0 Å². The zero-order valence-electron chi connectivity index (χ0n) is 6.56. The molecule has 0 aromatic rings. The topological polar surface area (TPSA) is 29.1 Å². The van der Waals surface area contributed by atoms with Gasteiger partial charge in [-0.3, -0.25) is 4.79 Å². The van der Waals surface area contributed by atoms with Crippen LogP contribution in [0, 0.1) is 0 Å². The summed E-state index contributed by atoms with van der Waals surface area (Å²) in [7, 11) is 0. The molecule has 0 aliphatic heterocycles. The average molecular weight is 129 g/mol. The molecular formula is C7H15NO. The summed E-state index contributed by atoms with van der Waals surface area (Å²) in [5.41, 5.74) is 0. The Hall–Kier alpha value is -0.370. The van der Waals surface area contributed by atoms with E-state index in [4.69, 9.17) is 0 Å². The number of nitrogens with one attached hydrogen (secondary N) is 1. The lowest BCUT2D eigenvalue weighted by Gasteiger charge is -2.12. The van der Waals surface area contributed by atoms with E-state index in [0.29, 0.717) is 6.04 Å². The molecule has 9 heavy (non-hydrogen) atoms. The second kappa shape index (κ2) is 3.62. The first-order chi connectivity index (χ1) is 4.04. The van der Waals surface area contributed by atoms with Crippen LogP contribution < -0.4 is 5.32 Å². The molecule has 2 heteroatoms. The molecule has 1 N–H and O–H groups in total. The van der Waals surface area contributed by atoms with E-state index in [0.717, 1.165) is 0 Å². The number of ketones is 1. The molecule has 0 spiro atoms. The molecule has 1 atom stereocenters. The number of carbonyl (C=O) groups is 1. The minimum absolute atomic E-state index is 0.00463. The molecule has 0 amide bonds. The molecule has 0 saturated carbocycles. The molecule has 0 aromatic carbocycles. The molecule has 0 aliphatic carbocycles. The number of hydrogen-bond donors (Lipinski definition) is 1. The van der Waals surface area contributed by atoms with Crippen molar-refractivity contribution in [2.75, 3.05) is 0 Å². The summed E-state index contributed by atoms with van der Waals surface area (Å²) in [6.45, 7) is 7.53. The first-order valence-corrected chi connectivity index (χ1v) is 3.30. The monoisotopic (exact) mass is 129 g/mol. The van der Waals surface area contributed by atoms with Gasteiger partial charge in [0, 0.05) is 6.04 Å². The van der Waals surface area contributed by atoms with Crippen LogP contribution in [0.1, 0.15) is 27.7 Å². The number of hydrogen-bond acceptors (Lipinski definition) is 2. The summed E-state index contributed by atoms with van der Waals surface area (Å²) in [4.78, 5) is 10.6. The molecule has 0 fully saturated rings. The van der Waals surface area contributed by atoms with Crippen molar-refractivity contribution in [3.05, 3.63) is 0 Å². The van der Waals surface area contributed by atoms with Gasteiger partial charge in [0.2, 0.25) is 0 Å². The predicted molar refractivity (Wildman–Crippen MR) is 38.4 cm³/mol. The van der Waals surface area contributed by atoms with E-state index in [1.165, 1.54) is 0 Å². The molecule has 1 unspecified atom stereocenters. The van der Waals surface area contributed by atoms with E-state index in [1.807, 2.05) is 20.8 Å². The minimum Gasteiger partial charge on any atom is -0.305 e. The average Bonchev–Trinajstić information content (AvgIpc) is 1.63. The Morgan fingerprint density at radius 2 is 1.78 bits per heavy atom. The lowest BCUT2D eigenvalue weighted by atomic mass is 10.2. The third-order valence-electron chi connectivity index (χ3n) is 1.19. The Labute approximate surface area is 56.6 Å². The van der Waals surface area contributed by atoms with Gasteiger partial charge in [-0.1, -0.05) is 13.8 Å². The lowest BCUT2D eigenvalue weighted by molar-refractivity contribution is -0.118. The normalized spacial score (nSPS) is 13.9. The zero-order chi connectivity index (χ0) is 7.44. The number of Topliss-reactive ketones (excluding diaryl/α,β-unsaturated/α-hetero) is 1. The van der Waals surface area contributed by atoms with Crippen molar-refractivity contribution in [1.82, 2.24) is 5.32 Å². The largest absolute Gasteiger partial charge is 0.305 e. The molecule has 0 saturated heterocycles. The van der Waals surface area contributed by atoms with Gasteiger partial charge in [0.1, 0.15) is 5.78 Å². The Balaban J connectivity index is 3.50. The van der Waals surface area contributed by atoms with Crippen LogP contribution in [-0.2, 0) is 4.79 Å².